The molecule has 1 aliphatic rings. The van der Waals surface area contributed by atoms with Crippen LogP contribution < -0.4 is 5.32 Å². The molecule has 1 nitrogen and oxygen atoms in total. The van der Waals surface area contributed by atoms with Gasteiger partial charge in [0.05, 0.1) is 10.0 Å². The van der Waals surface area contributed by atoms with E-state index >= 15 is 0 Å². The SMILES string of the molecule is CNC(Cc1ccc(Cl)c(Cl)c1)C1CCCCCCC1. The molecule has 0 bridgehead atoms. The van der Waals surface area contributed by atoms with Gasteiger partial charge in [0.25, 0.3) is 0 Å². The van der Waals surface area contributed by atoms with E-state index in [1.165, 1.54) is 50.5 Å². The minimum atomic E-state index is 0.547. The molecule has 112 valence electrons. The quantitative estimate of drug-likeness (QED) is 0.775. The lowest BCUT2D eigenvalue weighted by Gasteiger charge is -2.28. The molecule has 3 heteroatoms. The van der Waals surface area contributed by atoms with E-state index in [1.807, 2.05) is 12.1 Å². The molecule has 2 rings (SSSR count). The summed E-state index contributed by atoms with van der Waals surface area (Å²) in [6.07, 6.45) is 10.7. The van der Waals surface area contributed by atoms with Gasteiger partial charge in [0, 0.05) is 6.04 Å². The Bertz CT molecular complexity index is 411. The molecule has 0 radical (unpaired) electrons. The summed E-state index contributed by atoms with van der Waals surface area (Å²) in [4.78, 5) is 0. The van der Waals surface area contributed by atoms with Gasteiger partial charge in [-0.3, -0.25) is 0 Å². The molecule has 20 heavy (non-hydrogen) atoms. The van der Waals surface area contributed by atoms with E-state index in [2.05, 4.69) is 18.4 Å². The molecule has 1 N–H and O–H groups in total. The van der Waals surface area contributed by atoms with E-state index in [-0.39, 0.29) is 0 Å². The Morgan fingerprint density at radius 2 is 1.70 bits per heavy atom. The maximum atomic E-state index is 6.12. The van der Waals surface area contributed by atoms with Gasteiger partial charge in [-0.05, 0) is 49.9 Å². The van der Waals surface area contributed by atoms with Gasteiger partial charge in [0.2, 0.25) is 0 Å². The Morgan fingerprint density at radius 1 is 1.05 bits per heavy atom. The molecule has 0 amide bonds. The Kier molecular flexibility index (Phi) is 6.67. The monoisotopic (exact) mass is 313 g/mol. The maximum Gasteiger partial charge on any atom is 0.0595 e. The van der Waals surface area contributed by atoms with E-state index in [4.69, 9.17) is 23.2 Å². The van der Waals surface area contributed by atoms with Crippen LogP contribution in [0.1, 0.15) is 50.5 Å². The first-order valence-corrected chi connectivity index (χ1v) is 8.57. The summed E-state index contributed by atoms with van der Waals surface area (Å²) in [7, 11) is 2.08. The van der Waals surface area contributed by atoms with Gasteiger partial charge in [-0.2, -0.15) is 0 Å². The van der Waals surface area contributed by atoms with Crippen LogP contribution in [0.25, 0.3) is 0 Å². The number of benzene rings is 1. The summed E-state index contributed by atoms with van der Waals surface area (Å²) >= 11 is 12.1. The molecule has 1 aliphatic carbocycles. The molecule has 0 aliphatic heterocycles. The van der Waals surface area contributed by atoms with Crippen LogP contribution in [0.15, 0.2) is 18.2 Å². The van der Waals surface area contributed by atoms with Crippen molar-refractivity contribution in [1.29, 1.82) is 0 Å². The summed E-state index contributed by atoms with van der Waals surface area (Å²) in [5.41, 5.74) is 1.28. The van der Waals surface area contributed by atoms with E-state index in [9.17, 15) is 0 Å². The van der Waals surface area contributed by atoms with Crippen molar-refractivity contribution in [2.45, 2.75) is 57.4 Å². The molecule has 1 unspecified atom stereocenters. The second-order valence-electron chi connectivity index (χ2n) is 5.95. The standard InChI is InChI=1S/C17H25Cl2N/c1-20-17(14-7-5-3-2-4-6-8-14)12-13-9-10-15(18)16(19)11-13/h9-11,14,17,20H,2-8,12H2,1H3. The zero-order valence-electron chi connectivity index (χ0n) is 12.3. The lowest BCUT2D eigenvalue weighted by Crippen LogP contribution is -2.36. The van der Waals surface area contributed by atoms with E-state index in [1.54, 1.807) is 0 Å². The fourth-order valence-electron chi connectivity index (χ4n) is 3.32. The Morgan fingerprint density at radius 3 is 2.30 bits per heavy atom. The van der Waals surface area contributed by atoms with Gasteiger partial charge in [0.15, 0.2) is 0 Å². The molecular formula is C17H25Cl2N. The van der Waals surface area contributed by atoms with Crippen LogP contribution in [0.4, 0.5) is 0 Å². The van der Waals surface area contributed by atoms with Crippen molar-refractivity contribution in [2.24, 2.45) is 5.92 Å². The minimum absolute atomic E-state index is 0.547. The Hall–Kier alpha value is -0.240. The van der Waals surface area contributed by atoms with Crippen molar-refractivity contribution in [3.63, 3.8) is 0 Å². The summed E-state index contributed by atoms with van der Waals surface area (Å²) in [6.45, 7) is 0. The third-order valence-corrected chi connectivity index (χ3v) is 5.27. The first-order valence-electron chi connectivity index (χ1n) is 7.82. The van der Waals surface area contributed by atoms with Crippen molar-refractivity contribution in [3.05, 3.63) is 33.8 Å². The second kappa shape index (κ2) is 8.26. The smallest absolute Gasteiger partial charge is 0.0595 e. The van der Waals surface area contributed by atoms with Crippen LogP contribution in [-0.2, 0) is 6.42 Å². The Balaban J connectivity index is 2.00. The molecular weight excluding hydrogens is 289 g/mol. The molecule has 1 fully saturated rings. The lowest BCUT2D eigenvalue weighted by atomic mass is 9.83. The van der Waals surface area contributed by atoms with Crippen LogP contribution in [0.3, 0.4) is 0 Å². The van der Waals surface area contributed by atoms with E-state index in [0.29, 0.717) is 16.1 Å². The fourth-order valence-corrected chi connectivity index (χ4v) is 3.64. The average Bonchev–Trinajstić information content (AvgIpc) is 2.40. The topological polar surface area (TPSA) is 12.0 Å². The van der Waals surface area contributed by atoms with Crippen LogP contribution in [0.5, 0.6) is 0 Å². The molecule has 0 spiro atoms. The minimum Gasteiger partial charge on any atom is -0.316 e. The van der Waals surface area contributed by atoms with Crippen LogP contribution in [0.2, 0.25) is 10.0 Å². The van der Waals surface area contributed by atoms with Crippen LogP contribution in [0, 0.1) is 5.92 Å². The number of likely N-dealkylation sites (N-methyl/N-ethyl adjacent to an activating group) is 1. The fraction of sp³-hybridized carbons (Fsp3) is 0.647. The number of hydrogen-bond acceptors (Lipinski definition) is 1. The highest BCUT2D eigenvalue weighted by Gasteiger charge is 2.21. The summed E-state index contributed by atoms with van der Waals surface area (Å²) < 4.78 is 0. The molecule has 1 atom stereocenters. The highest BCUT2D eigenvalue weighted by Crippen LogP contribution is 2.28. The van der Waals surface area contributed by atoms with Crippen LogP contribution >= 0.6 is 23.2 Å². The van der Waals surface area contributed by atoms with Crippen molar-refractivity contribution < 1.29 is 0 Å². The molecule has 1 saturated carbocycles. The predicted octanol–water partition coefficient (Wildman–Crippen LogP) is 5.48. The van der Waals surface area contributed by atoms with Gasteiger partial charge in [-0.15, -0.1) is 0 Å². The first kappa shape index (κ1) is 16.1. The predicted molar refractivity (Wildman–Crippen MR) is 88.8 cm³/mol. The van der Waals surface area contributed by atoms with Crippen molar-refractivity contribution in [3.8, 4) is 0 Å². The van der Waals surface area contributed by atoms with Crippen molar-refractivity contribution in [1.82, 2.24) is 5.32 Å². The maximum absolute atomic E-state index is 6.12. The van der Waals surface area contributed by atoms with Gasteiger partial charge >= 0.3 is 0 Å². The zero-order chi connectivity index (χ0) is 14.4. The van der Waals surface area contributed by atoms with Gasteiger partial charge in [-0.1, -0.05) is 61.4 Å². The highest BCUT2D eigenvalue weighted by molar-refractivity contribution is 6.42. The first-order chi connectivity index (χ1) is 9.70. The number of halogens is 2. The second-order valence-corrected chi connectivity index (χ2v) is 6.77. The summed E-state index contributed by atoms with van der Waals surface area (Å²) in [5, 5.41) is 4.83. The van der Waals surface area contributed by atoms with Crippen LogP contribution in [-0.4, -0.2) is 13.1 Å². The molecule has 1 aromatic rings. The lowest BCUT2D eigenvalue weighted by molar-refractivity contribution is 0.294. The third-order valence-electron chi connectivity index (χ3n) is 4.53. The molecule has 1 aromatic carbocycles. The molecule has 0 heterocycles. The van der Waals surface area contributed by atoms with Gasteiger partial charge < -0.3 is 5.32 Å². The van der Waals surface area contributed by atoms with Gasteiger partial charge in [0.1, 0.15) is 0 Å². The number of hydrogen-bond donors (Lipinski definition) is 1. The third kappa shape index (κ3) is 4.65. The highest BCUT2D eigenvalue weighted by atomic mass is 35.5. The molecule has 0 aromatic heterocycles. The Labute approximate surface area is 133 Å². The normalized spacial score (nSPS) is 19.4. The molecule has 0 saturated heterocycles. The van der Waals surface area contributed by atoms with Crippen molar-refractivity contribution in [2.75, 3.05) is 7.05 Å². The van der Waals surface area contributed by atoms with E-state index < -0.39 is 0 Å². The average molecular weight is 314 g/mol. The van der Waals surface area contributed by atoms with Gasteiger partial charge in [-0.25, -0.2) is 0 Å². The zero-order valence-corrected chi connectivity index (χ0v) is 13.8. The number of nitrogens with one attached hydrogen (secondary N) is 1. The number of rotatable bonds is 4. The summed E-state index contributed by atoms with van der Waals surface area (Å²) in [6, 6.07) is 6.56. The summed E-state index contributed by atoms with van der Waals surface area (Å²) in [5.74, 6) is 0.787. The van der Waals surface area contributed by atoms with E-state index in [0.717, 1.165) is 12.3 Å². The largest absolute Gasteiger partial charge is 0.316 e. The van der Waals surface area contributed by atoms with Crippen molar-refractivity contribution >= 4 is 23.2 Å².